The van der Waals surface area contributed by atoms with Crippen molar-refractivity contribution in [3.63, 3.8) is 0 Å². The van der Waals surface area contributed by atoms with E-state index in [1.807, 2.05) is 25.3 Å². The van der Waals surface area contributed by atoms with E-state index in [-0.39, 0.29) is 17.8 Å². The van der Waals surface area contributed by atoms with Gasteiger partial charge in [0, 0.05) is 0 Å². The van der Waals surface area contributed by atoms with E-state index in [1.54, 1.807) is 0 Å². The first kappa shape index (κ1) is 13.5. The summed E-state index contributed by atoms with van der Waals surface area (Å²) in [6, 6.07) is 1.43. The van der Waals surface area contributed by atoms with Crippen LogP contribution in [0, 0.1) is 5.92 Å². The highest BCUT2D eigenvalue weighted by Crippen LogP contribution is 2.27. The molecule has 0 bridgehead atoms. The molecule has 0 spiro atoms. The number of carbonyl (C=O) groups excluding carboxylic acids is 1. The number of hydrogen-bond donors (Lipinski definition) is 2. The molecule has 0 radical (unpaired) electrons. The van der Waals surface area contributed by atoms with E-state index in [2.05, 4.69) is 15.3 Å². The maximum absolute atomic E-state index is 11.8. The van der Waals surface area contributed by atoms with E-state index < -0.39 is 6.04 Å². The van der Waals surface area contributed by atoms with Crippen LogP contribution < -0.4 is 11.1 Å². The molecule has 7 heteroatoms. The third-order valence-electron chi connectivity index (χ3n) is 2.76. The third-order valence-corrected chi connectivity index (χ3v) is 3.56. The summed E-state index contributed by atoms with van der Waals surface area (Å²) in [6.07, 6.45) is 0. The predicted octanol–water partition coefficient (Wildman–Crippen LogP) is 1.88. The number of methoxy groups -OCH3 is 1. The summed E-state index contributed by atoms with van der Waals surface area (Å²) in [5.41, 5.74) is 5.67. The smallest absolute Gasteiger partial charge is 0.328 e. The van der Waals surface area contributed by atoms with Crippen molar-refractivity contribution in [2.24, 2.45) is 5.92 Å². The summed E-state index contributed by atoms with van der Waals surface area (Å²) in [4.78, 5) is 20.9. The van der Waals surface area contributed by atoms with Gasteiger partial charge in [-0.25, -0.2) is 9.78 Å². The molecule has 1 unspecified atom stereocenters. The molecule has 3 N–H and O–H groups in total. The lowest BCUT2D eigenvalue weighted by atomic mass is 10.0. The van der Waals surface area contributed by atoms with Crippen LogP contribution in [0.4, 0.5) is 11.8 Å². The van der Waals surface area contributed by atoms with Gasteiger partial charge in [-0.2, -0.15) is 4.98 Å². The number of nitrogens with zero attached hydrogens (tertiary/aromatic N) is 2. The van der Waals surface area contributed by atoms with Gasteiger partial charge in [0.2, 0.25) is 5.95 Å². The number of ether oxygens (including phenoxy) is 1. The van der Waals surface area contributed by atoms with Crippen molar-refractivity contribution in [2.45, 2.75) is 19.9 Å². The predicted molar refractivity (Wildman–Crippen MR) is 76.1 cm³/mol. The Morgan fingerprint density at radius 1 is 1.47 bits per heavy atom. The van der Waals surface area contributed by atoms with E-state index in [0.29, 0.717) is 5.82 Å². The molecular formula is C12H16N4O2S. The average Bonchev–Trinajstić information content (AvgIpc) is 2.82. The van der Waals surface area contributed by atoms with Gasteiger partial charge < -0.3 is 15.8 Å². The van der Waals surface area contributed by atoms with Crippen LogP contribution in [0.2, 0.25) is 0 Å². The van der Waals surface area contributed by atoms with Crippen molar-refractivity contribution in [2.75, 3.05) is 18.2 Å². The second kappa shape index (κ2) is 5.40. The minimum absolute atomic E-state index is 0.0670. The van der Waals surface area contributed by atoms with Gasteiger partial charge >= 0.3 is 5.97 Å². The molecular weight excluding hydrogens is 264 g/mol. The molecule has 0 aliphatic rings. The Kier molecular flexibility index (Phi) is 3.84. The normalized spacial score (nSPS) is 12.6. The number of hydrogen-bond acceptors (Lipinski definition) is 7. The molecule has 0 aromatic carbocycles. The average molecular weight is 280 g/mol. The molecule has 102 valence electrons. The van der Waals surface area contributed by atoms with Crippen molar-refractivity contribution in [3.05, 3.63) is 11.4 Å². The van der Waals surface area contributed by atoms with Crippen molar-refractivity contribution in [1.82, 2.24) is 9.97 Å². The van der Waals surface area contributed by atoms with Crippen LogP contribution in [-0.2, 0) is 9.53 Å². The van der Waals surface area contributed by atoms with Crippen LogP contribution in [0.25, 0.3) is 10.2 Å². The quantitative estimate of drug-likeness (QED) is 0.831. The van der Waals surface area contributed by atoms with E-state index in [0.717, 1.165) is 10.2 Å². The monoisotopic (exact) mass is 280 g/mol. The fraction of sp³-hybridized carbons (Fsp3) is 0.417. The molecule has 1 atom stereocenters. The summed E-state index contributed by atoms with van der Waals surface area (Å²) in [7, 11) is 1.37. The highest BCUT2D eigenvalue weighted by molar-refractivity contribution is 7.16. The van der Waals surface area contributed by atoms with Crippen LogP contribution in [0.15, 0.2) is 11.4 Å². The maximum Gasteiger partial charge on any atom is 0.328 e. The highest BCUT2D eigenvalue weighted by atomic mass is 32.1. The lowest BCUT2D eigenvalue weighted by Crippen LogP contribution is -2.35. The summed E-state index contributed by atoms with van der Waals surface area (Å²) in [6.45, 7) is 3.87. The zero-order valence-corrected chi connectivity index (χ0v) is 11.8. The molecule has 0 fully saturated rings. The lowest BCUT2D eigenvalue weighted by molar-refractivity contribution is -0.142. The summed E-state index contributed by atoms with van der Waals surface area (Å²) >= 11 is 1.48. The van der Waals surface area contributed by atoms with Gasteiger partial charge in [-0.1, -0.05) is 13.8 Å². The Balaban J connectivity index is 2.38. The van der Waals surface area contributed by atoms with Gasteiger partial charge in [-0.3, -0.25) is 0 Å². The number of anilines is 2. The number of fused-ring (bicyclic) bond motifs is 1. The second-order valence-corrected chi connectivity index (χ2v) is 5.35. The number of rotatable bonds is 4. The van der Waals surface area contributed by atoms with Crippen molar-refractivity contribution in [1.29, 1.82) is 0 Å². The molecule has 0 saturated heterocycles. The van der Waals surface area contributed by atoms with Crippen LogP contribution in [-0.4, -0.2) is 29.1 Å². The van der Waals surface area contributed by atoms with Gasteiger partial charge in [0.25, 0.3) is 0 Å². The molecule has 2 rings (SSSR count). The first-order chi connectivity index (χ1) is 9.02. The first-order valence-electron chi connectivity index (χ1n) is 5.88. The molecule has 0 saturated carbocycles. The Hall–Kier alpha value is -1.89. The van der Waals surface area contributed by atoms with Gasteiger partial charge in [-0.15, -0.1) is 11.3 Å². The zero-order valence-electron chi connectivity index (χ0n) is 11.0. The Morgan fingerprint density at radius 3 is 2.84 bits per heavy atom. The summed E-state index contributed by atoms with van der Waals surface area (Å²) < 4.78 is 4.80. The Morgan fingerprint density at radius 2 is 2.21 bits per heavy atom. The largest absolute Gasteiger partial charge is 0.467 e. The topological polar surface area (TPSA) is 90.1 Å². The molecule has 0 amide bonds. The Labute approximate surface area is 115 Å². The van der Waals surface area contributed by atoms with E-state index >= 15 is 0 Å². The van der Waals surface area contributed by atoms with Crippen LogP contribution >= 0.6 is 11.3 Å². The SMILES string of the molecule is COC(=O)C(Nc1nc(N)nc2sccc12)C(C)C. The molecule has 0 aliphatic heterocycles. The fourth-order valence-electron chi connectivity index (χ4n) is 1.75. The Bertz CT molecular complexity index is 596. The minimum Gasteiger partial charge on any atom is -0.467 e. The van der Waals surface area contributed by atoms with Crippen molar-refractivity contribution >= 4 is 39.3 Å². The lowest BCUT2D eigenvalue weighted by Gasteiger charge is -2.20. The number of nitrogens with one attached hydrogen (secondary N) is 1. The number of esters is 1. The van der Waals surface area contributed by atoms with Gasteiger partial charge in [0.05, 0.1) is 12.5 Å². The fourth-order valence-corrected chi connectivity index (χ4v) is 2.52. The highest BCUT2D eigenvalue weighted by Gasteiger charge is 2.24. The third kappa shape index (κ3) is 2.76. The summed E-state index contributed by atoms with van der Waals surface area (Å²) in [5, 5.41) is 5.86. The molecule has 19 heavy (non-hydrogen) atoms. The van der Waals surface area contributed by atoms with Crippen molar-refractivity contribution in [3.8, 4) is 0 Å². The number of nitrogens with two attached hydrogens (primary N) is 1. The molecule has 6 nitrogen and oxygen atoms in total. The van der Waals surface area contributed by atoms with Crippen LogP contribution in [0.3, 0.4) is 0 Å². The number of thiophene rings is 1. The maximum atomic E-state index is 11.8. The second-order valence-electron chi connectivity index (χ2n) is 4.46. The number of aromatic nitrogens is 2. The minimum atomic E-state index is -0.470. The van der Waals surface area contributed by atoms with E-state index in [4.69, 9.17) is 10.5 Å². The standard InChI is InChI=1S/C12H16N4O2S/c1-6(2)8(11(17)18-3)14-9-7-4-5-19-10(7)16-12(13)15-9/h4-6,8H,1-3H3,(H3,13,14,15,16). The van der Waals surface area contributed by atoms with Crippen LogP contribution in [0.1, 0.15) is 13.8 Å². The van der Waals surface area contributed by atoms with Crippen molar-refractivity contribution < 1.29 is 9.53 Å². The number of nitrogen functional groups attached to an aromatic ring is 1. The zero-order chi connectivity index (χ0) is 14.0. The first-order valence-corrected chi connectivity index (χ1v) is 6.76. The van der Waals surface area contributed by atoms with Gasteiger partial charge in [0.15, 0.2) is 0 Å². The molecule has 2 aromatic rings. The van der Waals surface area contributed by atoms with E-state index in [1.165, 1.54) is 18.4 Å². The number of carbonyl (C=O) groups is 1. The van der Waals surface area contributed by atoms with Gasteiger partial charge in [0.1, 0.15) is 16.7 Å². The molecule has 2 aromatic heterocycles. The van der Waals surface area contributed by atoms with E-state index in [9.17, 15) is 4.79 Å². The van der Waals surface area contributed by atoms with Crippen LogP contribution in [0.5, 0.6) is 0 Å². The van der Waals surface area contributed by atoms with Gasteiger partial charge in [-0.05, 0) is 17.4 Å². The molecule has 2 heterocycles. The molecule has 0 aliphatic carbocycles. The summed E-state index contributed by atoms with van der Waals surface area (Å²) in [5.74, 6) is 0.491.